The molecule has 1 aliphatic heterocycles. The monoisotopic (exact) mass is 309 g/mol. The van der Waals surface area contributed by atoms with E-state index < -0.39 is 0 Å². The molecular formula is C14H15NOS3. The van der Waals surface area contributed by atoms with Crippen molar-refractivity contribution in [2.24, 2.45) is 0 Å². The van der Waals surface area contributed by atoms with Gasteiger partial charge in [-0.3, -0.25) is 4.79 Å². The molecule has 2 aromatic rings. The second kappa shape index (κ2) is 5.69. The Labute approximate surface area is 125 Å². The molecule has 19 heavy (non-hydrogen) atoms. The zero-order valence-corrected chi connectivity index (χ0v) is 13.1. The summed E-state index contributed by atoms with van der Waals surface area (Å²) in [6, 6.07) is 6.35. The van der Waals surface area contributed by atoms with Crippen molar-refractivity contribution < 1.29 is 4.79 Å². The molecule has 100 valence electrons. The van der Waals surface area contributed by atoms with Gasteiger partial charge in [-0.05, 0) is 41.8 Å². The molecule has 1 saturated heterocycles. The molecule has 1 unspecified atom stereocenters. The summed E-state index contributed by atoms with van der Waals surface area (Å²) in [4.78, 5) is 16.8. The first-order valence-corrected chi connectivity index (χ1v) is 9.04. The number of thioether (sulfide) groups is 1. The zero-order valence-electron chi connectivity index (χ0n) is 10.7. The topological polar surface area (TPSA) is 20.3 Å². The highest BCUT2D eigenvalue weighted by molar-refractivity contribution is 8.00. The van der Waals surface area contributed by atoms with Crippen molar-refractivity contribution in [1.29, 1.82) is 0 Å². The fourth-order valence-corrected chi connectivity index (χ4v) is 5.43. The summed E-state index contributed by atoms with van der Waals surface area (Å²) >= 11 is 5.29. The van der Waals surface area contributed by atoms with Crippen LogP contribution in [0.4, 0.5) is 0 Å². The molecule has 3 rings (SSSR count). The molecule has 0 spiro atoms. The van der Waals surface area contributed by atoms with Crippen molar-refractivity contribution in [2.45, 2.75) is 18.7 Å². The number of thiophene rings is 2. The van der Waals surface area contributed by atoms with Gasteiger partial charge in [0.15, 0.2) is 0 Å². The average Bonchev–Trinajstić information content (AvgIpc) is 3.09. The van der Waals surface area contributed by atoms with Crippen LogP contribution in [0.15, 0.2) is 29.0 Å². The minimum Gasteiger partial charge on any atom is -0.325 e. The first-order chi connectivity index (χ1) is 9.25. The summed E-state index contributed by atoms with van der Waals surface area (Å²) in [5, 5.41) is 4.44. The third-order valence-corrected chi connectivity index (χ3v) is 6.65. The number of carbonyl (C=O) groups excluding carboxylic acids is 1. The van der Waals surface area contributed by atoms with Crippen LogP contribution in [-0.4, -0.2) is 23.1 Å². The van der Waals surface area contributed by atoms with Gasteiger partial charge in [0.05, 0.1) is 5.75 Å². The first kappa shape index (κ1) is 13.2. The molecule has 2 nitrogen and oxygen atoms in total. The van der Waals surface area contributed by atoms with E-state index in [0.717, 1.165) is 13.0 Å². The Morgan fingerprint density at radius 1 is 1.32 bits per heavy atom. The van der Waals surface area contributed by atoms with E-state index in [2.05, 4.69) is 35.9 Å². The molecule has 0 aliphatic carbocycles. The Balaban J connectivity index is 1.74. The van der Waals surface area contributed by atoms with Crippen LogP contribution in [0.3, 0.4) is 0 Å². The Bertz CT molecular complexity index is 561. The maximum absolute atomic E-state index is 12.1. The maximum atomic E-state index is 12.1. The van der Waals surface area contributed by atoms with Crippen molar-refractivity contribution in [3.8, 4) is 0 Å². The lowest BCUT2D eigenvalue weighted by Gasteiger charge is -2.23. The molecule has 1 atom stereocenters. The van der Waals surface area contributed by atoms with E-state index in [0.29, 0.717) is 5.75 Å². The van der Waals surface area contributed by atoms with E-state index in [1.807, 2.05) is 4.90 Å². The second-order valence-electron chi connectivity index (χ2n) is 4.55. The van der Waals surface area contributed by atoms with Crippen LogP contribution in [0.1, 0.15) is 20.7 Å². The van der Waals surface area contributed by atoms with Gasteiger partial charge in [-0.25, -0.2) is 0 Å². The van der Waals surface area contributed by atoms with E-state index in [4.69, 9.17) is 0 Å². The van der Waals surface area contributed by atoms with Gasteiger partial charge in [-0.15, -0.1) is 34.4 Å². The van der Waals surface area contributed by atoms with Crippen molar-refractivity contribution in [3.63, 3.8) is 0 Å². The van der Waals surface area contributed by atoms with Crippen LogP contribution < -0.4 is 0 Å². The van der Waals surface area contributed by atoms with Crippen LogP contribution in [-0.2, 0) is 11.2 Å². The summed E-state index contributed by atoms with van der Waals surface area (Å²) in [6.07, 6.45) is 0.963. The van der Waals surface area contributed by atoms with Gasteiger partial charge in [-0.2, -0.15) is 0 Å². The van der Waals surface area contributed by atoms with E-state index in [1.165, 1.54) is 15.3 Å². The highest BCUT2D eigenvalue weighted by atomic mass is 32.2. The zero-order chi connectivity index (χ0) is 13.2. The molecule has 0 radical (unpaired) electrons. The predicted octanol–water partition coefficient (Wildman–Crippen LogP) is 3.93. The number of aryl methyl sites for hydroxylation is 1. The van der Waals surface area contributed by atoms with Crippen LogP contribution >= 0.6 is 34.4 Å². The summed E-state index contributed by atoms with van der Waals surface area (Å²) in [6.45, 7) is 2.96. The molecule has 0 aromatic carbocycles. The number of carbonyl (C=O) groups is 1. The lowest BCUT2D eigenvalue weighted by molar-refractivity contribution is -0.127. The van der Waals surface area contributed by atoms with E-state index in [1.54, 1.807) is 34.4 Å². The molecule has 1 fully saturated rings. The summed E-state index contributed by atoms with van der Waals surface area (Å²) in [5.41, 5.74) is 1.30. The third kappa shape index (κ3) is 2.73. The normalized spacial score (nSPS) is 19.3. The van der Waals surface area contributed by atoms with Crippen molar-refractivity contribution in [2.75, 3.05) is 12.3 Å². The highest BCUT2D eigenvalue weighted by Crippen LogP contribution is 2.42. The Kier molecular flexibility index (Phi) is 3.96. The highest BCUT2D eigenvalue weighted by Gasteiger charge is 2.33. The molecule has 5 heteroatoms. The molecule has 0 N–H and O–H groups in total. The second-order valence-corrected chi connectivity index (χ2v) is 7.60. The Hall–Kier alpha value is -0.780. The summed E-state index contributed by atoms with van der Waals surface area (Å²) in [7, 11) is 0. The first-order valence-electron chi connectivity index (χ1n) is 6.23. The van der Waals surface area contributed by atoms with Gasteiger partial charge >= 0.3 is 0 Å². The van der Waals surface area contributed by atoms with Gasteiger partial charge in [0, 0.05) is 16.3 Å². The number of rotatable bonds is 4. The fraction of sp³-hybridized carbons (Fsp3) is 0.357. The number of nitrogens with zero attached hydrogens (tertiary/aromatic N) is 1. The van der Waals surface area contributed by atoms with Crippen molar-refractivity contribution in [1.82, 2.24) is 4.90 Å². The van der Waals surface area contributed by atoms with Crippen LogP contribution in [0.5, 0.6) is 0 Å². The van der Waals surface area contributed by atoms with Crippen LogP contribution in [0.2, 0.25) is 0 Å². The van der Waals surface area contributed by atoms with Crippen molar-refractivity contribution >= 4 is 40.3 Å². The number of hydrogen-bond acceptors (Lipinski definition) is 4. The minimum atomic E-state index is 0.229. The van der Waals surface area contributed by atoms with E-state index >= 15 is 0 Å². The van der Waals surface area contributed by atoms with E-state index in [9.17, 15) is 4.79 Å². The van der Waals surface area contributed by atoms with Gasteiger partial charge < -0.3 is 4.90 Å². The minimum absolute atomic E-state index is 0.229. The molecule has 1 aliphatic rings. The Morgan fingerprint density at radius 2 is 2.21 bits per heavy atom. The lowest BCUT2D eigenvalue weighted by atomic mass is 10.2. The molecule has 2 aromatic heterocycles. The summed E-state index contributed by atoms with van der Waals surface area (Å²) < 4.78 is 0. The average molecular weight is 309 g/mol. The van der Waals surface area contributed by atoms with Gasteiger partial charge in [-0.1, -0.05) is 6.07 Å². The van der Waals surface area contributed by atoms with E-state index in [-0.39, 0.29) is 11.3 Å². The number of amides is 1. The molecule has 3 heterocycles. The molecule has 1 amide bonds. The smallest absolute Gasteiger partial charge is 0.233 e. The van der Waals surface area contributed by atoms with Crippen LogP contribution in [0, 0.1) is 6.92 Å². The third-order valence-electron chi connectivity index (χ3n) is 3.27. The molecule has 0 bridgehead atoms. The van der Waals surface area contributed by atoms with Crippen LogP contribution in [0.25, 0.3) is 0 Å². The Morgan fingerprint density at radius 3 is 2.89 bits per heavy atom. The van der Waals surface area contributed by atoms with Crippen molar-refractivity contribution in [3.05, 3.63) is 44.3 Å². The predicted molar refractivity (Wildman–Crippen MR) is 84.0 cm³/mol. The lowest BCUT2D eigenvalue weighted by Crippen LogP contribution is -2.30. The van der Waals surface area contributed by atoms with Gasteiger partial charge in [0.2, 0.25) is 5.91 Å². The SMILES string of the molecule is Cc1ccsc1C1SCC(=O)N1CCc1cccs1. The molecule has 0 saturated carbocycles. The fourth-order valence-electron chi connectivity index (χ4n) is 2.24. The maximum Gasteiger partial charge on any atom is 0.233 e. The quantitative estimate of drug-likeness (QED) is 0.853. The summed E-state index contributed by atoms with van der Waals surface area (Å²) in [5.74, 6) is 0.895. The largest absolute Gasteiger partial charge is 0.325 e. The van der Waals surface area contributed by atoms with Gasteiger partial charge in [0.25, 0.3) is 0 Å². The number of hydrogen-bond donors (Lipinski definition) is 0. The van der Waals surface area contributed by atoms with Gasteiger partial charge in [0.1, 0.15) is 5.37 Å². The molecular weight excluding hydrogens is 294 g/mol. The standard InChI is InChI=1S/C14H15NOS3/c1-10-5-8-18-13(10)14-15(12(16)9-19-14)6-4-11-3-2-7-17-11/h2-3,5,7-8,14H,4,6,9H2,1H3.